The van der Waals surface area contributed by atoms with Crippen LogP contribution in [0.5, 0.6) is 0 Å². The summed E-state index contributed by atoms with van der Waals surface area (Å²) in [7, 11) is 0. The van der Waals surface area contributed by atoms with Gasteiger partial charge in [-0.3, -0.25) is 0 Å². The van der Waals surface area contributed by atoms with Crippen LogP contribution in [-0.2, 0) is 6.54 Å². The van der Waals surface area contributed by atoms with Gasteiger partial charge in [-0.05, 0) is 25.2 Å². The maximum atomic E-state index is 6.39. The average molecular weight is 362 g/mol. The molecule has 3 atom stereocenters. The molecule has 2 aliphatic rings. The van der Waals surface area contributed by atoms with Crippen LogP contribution in [0.3, 0.4) is 0 Å². The summed E-state index contributed by atoms with van der Waals surface area (Å²) >= 11 is 7.96. The van der Waals surface area contributed by atoms with Gasteiger partial charge in [0.15, 0.2) is 0 Å². The third kappa shape index (κ3) is 3.67. The molecule has 1 saturated carbocycles. The van der Waals surface area contributed by atoms with Crippen molar-refractivity contribution in [2.45, 2.75) is 50.7 Å². The van der Waals surface area contributed by atoms with Crippen molar-refractivity contribution in [2.75, 3.05) is 6.54 Å². The zero-order valence-corrected chi connectivity index (χ0v) is 15.4. The van der Waals surface area contributed by atoms with Gasteiger partial charge in [0.05, 0.1) is 5.69 Å². The lowest BCUT2D eigenvalue weighted by Gasteiger charge is -2.24. The number of nitrogens with one attached hydrogen (secondary N) is 2. The van der Waals surface area contributed by atoms with E-state index in [1.165, 1.54) is 32.1 Å². The third-order valence-corrected chi connectivity index (χ3v) is 6.68. The van der Waals surface area contributed by atoms with E-state index in [0.717, 1.165) is 45.7 Å². The molecule has 3 unspecified atom stereocenters. The molecular formula is C19H24ClN3S. The van der Waals surface area contributed by atoms with E-state index in [1.54, 1.807) is 11.3 Å². The Morgan fingerprint density at radius 3 is 2.88 bits per heavy atom. The number of halogens is 1. The molecule has 1 aliphatic carbocycles. The number of rotatable bonds is 5. The number of thiazole rings is 1. The molecule has 1 aromatic carbocycles. The Morgan fingerprint density at radius 1 is 1.21 bits per heavy atom. The Balaban J connectivity index is 1.31. The van der Waals surface area contributed by atoms with Gasteiger partial charge in [-0.2, -0.15) is 0 Å². The second-order valence-corrected chi connectivity index (χ2v) is 8.59. The van der Waals surface area contributed by atoms with E-state index >= 15 is 0 Å². The van der Waals surface area contributed by atoms with Gasteiger partial charge in [-0.1, -0.05) is 54.8 Å². The minimum absolute atomic E-state index is 0.601. The molecule has 0 spiro atoms. The SMILES string of the molecule is Clc1sc(-c2ccccc2)nc1CNCC1CC2CCCCC2N1. The summed E-state index contributed by atoms with van der Waals surface area (Å²) in [5.41, 5.74) is 2.10. The normalized spacial score (nSPS) is 26.5. The fourth-order valence-electron chi connectivity index (χ4n) is 4.10. The number of nitrogens with zero attached hydrogens (tertiary/aromatic N) is 1. The van der Waals surface area contributed by atoms with Gasteiger partial charge in [0, 0.05) is 30.7 Å². The highest BCUT2D eigenvalue weighted by molar-refractivity contribution is 7.19. The van der Waals surface area contributed by atoms with Crippen molar-refractivity contribution in [3.05, 3.63) is 40.4 Å². The Bertz CT molecular complexity index is 659. The quantitative estimate of drug-likeness (QED) is 0.824. The molecule has 0 bridgehead atoms. The summed E-state index contributed by atoms with van der Waals surface area (Å²) in [4.78, 5) is 4.72. The molecule has 128 valence electrons. The van der Waals surface area contributed by atoms with Crippen molar-refractivity contribution in [3.8, 4) is 10.6 Å². The van der Waals surface area contributed by atoms with Gasteiger partial charge in [-0.15, -0.1) is 11.3 Å². The summed E-state index contributed by atoms with van der Waals surface area (Å²) in [6.07, 6.45) is 6.90. The highest BCUT2D eigenvalue weighted by atomic mass is 35.5. The number of hydrogen-bond donors (Lipinski definition) is 2. The largest absolute Gasteiger partial charge is 0.310 e. The summed E-state index contributed by atoms with van der Waals surface area (Å²) in [6.45, 7) is 1.75. The number of hydrogen-bond acceptors (Lipinski definition) is 4. The molecule has 4 rings (SSSR count). The monoisotopic (exact) mass is 361 g/mol. The molecule has 3 nitrogen and oxygen atoms in total. The van der Waals surface area contributed by atoms with Gasteiger partial charge in [0.25, 0.3) is 0 Å². The lowest BCUT2D eigenvalue weighted by molar-refractivity contribution is 0.325. The molecule has 2 heterocycles. The lowest BCUT2D eigenvalue weighted by Crippen LogP contribution is -2.38. The fraction of sp³-hybridized carbons (Fsp3) is 0.526. The van der Waals surface area contributed by atoms with Crippen LogP contribution in [-0.4, -0.2) is 23.6 Å². The van der Waals surface area contributed by atoms with Crippen LogP contribution in [0.4, 0.5) is 0 Å². The third-order valence-electron chi connectivity index (χ3n) is 5.30. The van der Waals surface area contributed by atoms with E-state index in [9.17, 15) is 0 Å². The van der Waals surface area contributed by atoms with Crippen LogP contribution in [0, 0.1) is 5.92 Å². The molecule has 1 saturated heterocycles. The molecule has 2 aromatic rings. The van der Waals surface area contributed by atoms with Crippen LogP contribution in [0.15, 0.2) is 30.3 Å². The van der Waals surface area contributed by atoms with E-state index in [-0.39, 0.29) is 0 Å². The molecule has 0 radical (unpaired) electrons. The Labute approximate surface area is 152 Å². The second kappa shape index (κ2) is 7.52. The van der Waals surface area contributed by atoms with E-state index in [1.807, 2.05) is 18.2 Å². The average Bonchev–Trinajstić information content (AvgIpc) is 3.19. The van der Waals surface area contributed by atoms with Gasteiger partial charge in [-0.25, -0.2) is 4.98 Å². The zero-order chi connectivity index (χ0) is 16.4. The van der Waals surface area contributed by atoms with Crippen LogP contribution in [0.1, 0.15) is 37.8 Å². The number of benzene rings is 1. The minimum atomic E-state index is 0.601. The first-order valence-electron chi connectivity index (χ1n) is 8.97. The zero-order valence-electron chi connectivity index (χ0n) is 13.8. The molecule has 24 heavy (non-hydrogen) atoms. The van der Waals surface area contributed by atoms with E-state index < -0.39 is 0 Å². The van der Waals surface area contributed by atoms with Crippen molar-refractivity contribution in [2.24, 2.45) is 5.92 Å². The highest BCUT2D eigenvalue weighted by Gasteiger charge is 2.34. The van der Waals surface area contributed by atoms with Crippen molar-refractivity contribution < 1.29 is 0 Å². The number of fused-ring (bicyclic) bond motifs is 1. The van der Waals surface area contributed by atoms with Crippen LogP contribution < -0.4 is 10.6 Å². The van der Waals surface area contributed by atoms with Gasteiger partial charge >= 0.3 is 0 Å². The summed E-state index contributed by atoms with van der Waals surface area (Å²) in [6, 6.07) is 11.6. The van der Waals surface area contributed by atoms with Gasteiger partial charge < -0.3 is 10.6 Å². The number of aromatic nitrogens is 1. The molecule has 5 heteroatoms. The predicted octanol–water partition coefficient (Wildman–Crippen LogP) is 4.47. The summed E-state index contributed by atoms with van der Waals surface area (Å²) in [5, 5.41) is 8.37. The van der Waals surface area contributed by atoms with Crippen molar-refractivity contribution >= 4 is 22.9 Å². The van der Waals surface area contributed by atoms with E-state index in [4.69, 9.17) is 16.6 Å². The molecule has 1 aromatic heterocycles. The van der Waals surface area contributed by atoms with Crippen LogP contribution in [0.25, 0.3) is 10.6 Å². The first kappa shape index (κ1) is 16.5. The first-order valence-corrected chi connectivity index (χ1v) is 10.2. The molecular weight excluding hydrogens is 338 g/mol. The Morgan fingerprint density at radius 2 is 2.04 bits per heavy atom. The Hall–Kier alpha value is -0.940. The standard InChI is InChI=1S/C19H24ClN3S/c20-18-17(23-19(24-18)13-6-2-1-3-7-13)12-21-11-15-10-14-8-4-5-9-16(14)22-15/h1-3,6-7,14-16,21-22H,4-5,8-12H2. The fourth-order valence-corrected chi connectivity index (χ4v) is 5.24. The lowest BCUT2D eigenvalue weighted by atomic mass is 9.85. The molecule has 1 aliphatic heterocycles. The maximum absolute atomic E-state index is 6.39. The summed E-state index contributed by atoms with van der Waals surface area (Å²) < 4.78 is 0.800. The smallest absolute Gasteiger partial charge is 0.125 e. The summed E-state index contributed by atoms with van der Waals surface area (Å²) in [5.74, 6) is 0.901. The van der Waals surface area contributed by atoms with Crippen LogP contribution >= 0.6 is 22.9 Å². The molecule has 2 N–H and O–H groups in total. The second-order valence-electron chi connectivity index (χ2n) is 6.99. The minimum Gasteiger partial charge on any atom is -0.310 e. The van der Waals surface area contributed by atoms with Crippen molar-refractivity contribution in [1.29, 1.82) is 0 Å². The van der Waals surface area contributed by atoms with E-state index in [0.29, 0.717) is 6.04 Å². The maximum Gasteiger partial charge on any atom is 0.125 e. The topological polar surface area (TPSA) is 37.0 Å². The van der Waals surface area contributed by atoms with Crippen molar-refractivity contribution in [3.63, 3.8) is 0 Å². The van der Waals surface area contributed by atoms with Crippen molar-refractivity contribution in [1.82, 2.24) is 15.6 Å². The Kier molecular flexibility index (Phi) is 5.18. The van der Waals surface area contributed by atoms with Gasteiger partial charge in [0.1, 0.15) is 9.34 Å². The first-order chi connectivity index (χ1) is 11.8. The predicted molar refractivity (Wildman–Crippen MR) is 102 cm³/mol. The molecule has 0 amide bonds. The molecule has 2 fully saturated rings. The van der Waals surface area contributed by atoms with Gasteiger partial charge in [0.2, 0.25) is 0 Å². The van der Waals surface area contributed by atoms with E-state index in [2.05, 4.69) is 22.8 Å². The van der Waals surface area contributed by atoms with Crippen LogP contribution in [0.2, 0.25) is 4.34 Å². The highest BCUT2D eigenvalue weighted by Crippen LogP contribution is 2.33.